The molecule has 2 atom stereocenters. The third-order valence-electron chi connectivity index (χ3n) is 12.9. The van der Waals surface area contributed by atoms with Gasteiger partial charge in [-0.1, -0.05) is 271 Å². The lowest BCUT2D eigenvalue weighted by Crippen LogP contribution is -2.45. The minimum atomic E-state index is -0.664. The second-order valence-corrected chi connectivity index (χ2v) is 18.9. The number of carbonyl (C=O) groups is 2. The SMILES string of the molecule is CCCCCCCCCCCCCCCCC(=O)OCCCCCCCCCCCCCCCCCCCCC(=O)NC(CO)C(O)CCCCCCCCCCCCC. The predicted octanol–water partition coefficient (Wildman–Crippen LogP) is 16.4. The van der Waals surface area contributed by atoms with Crippen molar-refractivity contribution in [3.63, 3.8) is 0 Å². The summed E-state index contributed by atoms with van der Waals surface area (Å²) in [6, 6.07) is -0.541. The van der Waals surface area contributed by atoms with Gasteiger partial charge in [-0.15, -0.1) is 0 Å². The van der Waals surface area contributed by atoms with Crippen molar-refractivity contribution in [3.8, 4) is 0 Å². The van der Waals surface area contributed by atoms with E-state index in [9.17, 15) is 19.8 Å². The van der Waals surface area contributed by atoms with Crippen LogP contribution < -0.4 is 5.32 Å². The number of aliphatic hydroxyl groups is 2. The highest BCUT2D eigenvalue weighted by atomic mass is 16.5. The van der Waals surface area contributed by atoms with Crippen LogP contribution in [0.1, 0.15) is 309 Å². The van der Waals surface area contributed by atoms with Crippen molar-refractivity contribution in [3.05, 3.63) is 0 Å². The van der Waals surface area contributed by atoms with Crippen LogP contribution in [0.2, 0.25) is 0 Å². The summed E-state index contributed by atoms with van der Waals surface area (Å²) < 4.78 is 5.47. The Morgan fingerprint density at radius 2 is 0.683 bits per heavy atom. The second kappa shape index (κ2) is 50.5. The van der Waals surface area contributed by atoms with Crippen molar-refractivity contribution in [1.82, 2.24) is 5.32 Å². The molecule has 0 radical (unpaired) electrons. The molecular formula is C54H107NO5. The predicted molar refractivity (Wildman–Crippen MR) is 260 cm³/mol. The van der Waals surface area contributed by atoms with Gasteiger partial charge in [0.05, 0.1) is 25.4 Å². The highest BCUT2D eigenvalue weighted by Crippen LogP contribution is 2.17. The van der Waals surface area contributed by atoms with Crippen molar-refractivity contribution < 1.29 is 24.5 Å². The third-order valence-corrected chi connectivity index (χ3v) is 12.9. The Hall–Kier alpha value is -1.14. The molecule has 0 heterocycles. The van der Waals surface area contributed by atoms with Gasteiger partial charge in [-0.25, -0.2) is 0 Å². The number of hydrogen-bond donors (Lipinski definition) is 3. The van der Waals surface area contributed by atoms with Gasteiger partial charge in [-0.05, 0) is 25.7 Å². The molecule has 358 valence electrons. The Morgan fingerprint density at radius 3 is 1.02 bits per heavy atom. The standard InChI is InChI=1S/C54H107NO5/c1-3-5-7-9-11-13-15-16-24-28-32-36-40-44-48-54(59)60-49-45-41-37-33-29-25-22-20-18-17-19-21-23-27-31-35-39-43-47-53(58)55-51(50-56)52(57)46-42-38-34-30-26-14-12-10-8-6-4-2/h51-52,56-57H,3-50H2,1-2H3,(H,55,58). The molecule has 6 nitrogen and oxygen atoms in total. The fraction of sp³-hybridized carbons (Fsp3) is 0.963. The highest BCUT2D eigenvalue weighted by molar-refractivity contribution is 5.76. The van der Waals surface area contributed by atoms with Gasteiger partial charge < -0.3 is 20.3 Å². The topological polar surface area (TPSA) is 95.9 Å². The molecule has 0 aliphatic heterocycles. The van der Waals surface area contributed by atoms with Crippen LogP contribution in [-0.2, 0) is 14.3 Å². The van der Waals surface area contributed by atoms with Crippen molar-refractivity contribution in [2.45, 2.75) is 321 Å². The summed E-state index contributed by atoms with van der Waals surface area (Å²) in [6.45, 7) is 4.95. The maximum atomic E-state index is 12.4. The minimum absolute atomic E-state index is 0.0101. The average molecular weight is 850 g/mol. The largest absolute Gasteiger partial charge is 0.466 e. The molecule has 6 heteroatoms. The zero-order valence-corrected chi connectivity index (χ0v) is 40.7. The van der Waals surface area contributed by atoms with Gasteiger partial charge in [0.1, 0.15) is 0 Å². The van der Waals surface area contributed by atoms with Gasteiger partial charge in [0.2, 0.25) is 5.91 Å². The lowest BCUT2D eigenvalue weighted by Gasteiger charge is -2.22. The zero-order chi connectivity index (χ0) is 43.7. The van der Waals surface area contributed by atoms with Crippen LogP contribution in [0.25, 0.3) is 0 Å². The van der Waals surface area contributed by atoms with E-state index in [1.807, 2.05) is 0 Å². The molecule has 0 saturated heterocycles. The number of carbonyl (C=O) groups excluding carboxylic acids is 2. The number of esters is 1. The lowest BCUT2D eigenvalue weighted by molar-refractivity contribution is -0.143. The Labute approximate surface area is 375 Å². The van der Waals surface area contributed by atoms with E-state index < -0.39 is 12.1 Å². The van der Waals surface area contributed by atoms with Crippen LogP contribution in [0.4, 0.5) is 0 Å². The number of ether oxygens (including phenoxy) is 1. The molecule has 0 bridgehead atoms. The Kier molecular flexibility index (Phi) is 49.5. The molecule has 0 saturated carbocycles. The smallest absolute Gasteiger partial charge is 0.305 e. The molecular weight excluding hydrogens is 743 g/mol. The van der Waals surface area contributed by atoms with Crippen molar-refractivity contribution >= 4 is 11.9 Å². The first-order valence-electron chi connectivity index (χ1n) is 27.3. The summed E-state index contributed by atoms with van der Waals surface area (Å²) in [5.74, 6) is -0.0284. The number of amides is 1. The van der Waals surface area contributed by atoms with E-state index in [-0.39, 0.29) is 18.5 Å². The van der Waals surface area contributed by atoms with Crippen LogP contribution in [-0.4, -0.2) is 47.4 Å². The monoisotopic (exact) mass is 850 g/mol. The summed E-state index contributed by atoms with van der Waals surface area (Å²) in [4.78, 5) is 24.4. The maximum Gasteiger partial charge on any atom is 0.305 e. The molecule has 2 unspecified atom stereocenters. The molecule has 60 heavy (non-hydrogen) atoms. The summed E-state index contributed by atoms with van der Waals surface area (Å²) in [5.41, 5.74) is 0. The molecule has 0 rings (SSSR count). The summed E-state index contributed by atoms with van der Waals surface area (Å²) >= 11 is 0. The first-order valence-corrected chi connectivity index (χ1v) is 27.3. The van der Waals surface area contributed by atoms with Crippen LogP contribution in [0.15, 0.2) is 0 Å². The summed E-state index contributed by atoms with van der Waals surface area (Å²) in [7, 11) is 0. The number of unbranched alkanes of at least 4 members (excludes halogenated alkanes) is 40. The Balaban J connectivity index is 3.37. The first-order chi connectivity index (χ1) is 29.5. The molecule has 0 aliphatic rings. The molecule has 0 aliphatic carbocycles. The number of nitrogens with one attached hydrogen (secondary N) is 1. The van der Waals surface area contributed by atoms with Crippen molar-refractivity contribution in [2.75, 3.05) is 13.2 Å². The van der Waals surface area contributed by atoms with Gasteiger partial charge in [0.25, 0.3) is 0 Å². The van der Waals surface area contributed by atoms with E-state index in [1.165, 1.54) is 238 Å². The number of rotatable bonds is 51. The Morgan fingerprint density at radius 1 is 0.400 bits per heavy atom. The quantitative estimate of drug-likeness (QED) is 0.0418. The fourth-order valence-corrected chi connectivity index (χ4v) is 8.70. The second-order valence-electron chi connectivity index (χ2n) is 18.9. The third kappa shape index (κ3) is 46.4. The normalized spacial score (nSPS) is 12.5. The highest BCUT2D eigenvalue weighted by Gasteiger charge is 2.20. The van der Waals surface area contributed by atoms with Gasteiger partial charge in [-0.3, -0.25) is 9.59 Å². The van der Waals surface area contributed by atoms with E-state index in [0.717, 1.165) is 38.5 Å². The van der Waals surface area contributed by atoms with Crippen molar-refractivity contribution in [2.24, 2.45) is 0 Å². The fourth-order valence-electron chi connectivity index (χ4n) is 8.70. The minimum Gasteiger partial charge on any atom is -0.466 e. The summed E-state index contributed by atoms with van der Waals surface area (Å²) in [5, 5.41) is 23.2. The van der Waals surface area contributed by atoms with Crippen molar-refractivity contribution in [1.29, 1.82) is 0 Å². The lowest BCUT2D eigenvalue weighted by atomic mass is 10.0. The molecule has 0 spiro atoms. The van der Waals surface area contributed by atoms with E-state index >= 15 is 0 Å². The molecule has 0 aromatic heterocycles. The molecule has 3 N–H and O–H groups in total. The molecule has 1 amide bonds. The maximum absolute atomic E-state index is 12.4. The average Bonchev–Trinajstić information content (AvgIpc) is 3.25. The van der Waals surface area contributed by atoms with Crippen LogP contribution in [0.5, 0.6) is 0 Å². The van der Waals surface area contributed by atoms with E-state index in [4.69, 9.17) is 4.74 Å². The van der Waals surface area contributed by atoms with E-state index in [2.05, 4.69) is 19.2 Å². The van der Waals surface area contributed by atoms with Crippen LogP contribution >= 0.6 is 0 Å². The van der Waals surface area contributed by atoms with Gasteiger partial charge in [0.15, 0.2) is 0 Å². The molecule has 0 aromatic rings. The number of hydrogen-bond acceptors (Lipinski definition) is 5. The summed E-state index contributed by atoms with van der Waals surface area (Å²) in [6.07, 6.45) is 56.5. The van der Waals surface area contributed by atoms with E-state index in [0.29, 0.717) is 25.9 Å². The molecule has 0 fully saturated rings. The van der Waals surface area contributed by atoms with E-state index in [1.54, 1.807) is 0 Å². The van der Waals surface area contributed by atoms with Gasteiger partial charge >= 0.3 is 5.97 Å². The molecule has 0 aromatic carbocycles. The first kappa shape index (κ1) is 58.9. The number of aliphatic hydroxyl groups excluding tert-OH is 2. The van der Waals surface area contributed by atoms with Crippen LogP contribution in [0, 0.1) is 0 Å². The van der Waals surface area contributed by atoms with Crippen LogP contribution in [0.3, 0.4) is 0 Å². The van der Waals surface area contributed by atoms with Gasteiger partial charge in [0, 0.05) is 12.8 Å². The zero-order valence-electron chi connectivity index (χ0n) is 40.7. The Bertz CT molecular complexity index is 852. The van der Waals surface area contributed by atoms with Gasteiger partial charge in [-0.2, -0.15) is 0 Å².